The van der Waals surface area contributed by atoms with Crippen molar-refractivity contribution in [3.05, 3.63) is 0 Å². The van der Waals surface area contributed by atoms with E-state index >= 15 is 0 Å². The van der Waals surface area contributed by atoms with E-state index in [-0.39, 0.29) is 24.6 Å². The van der Waals surface area contributed by atoms with Gasteiger partial charge in [-0.25, -0.2) is 23.1 Å². The molecule has 21 heavy (non-hydrogen) atoms. The maximum absolute atomic E-state index is 11.7. The second kappa shape index (κ2) is 8.18. The molecule has 9 heteroatoms. The van der Waals surface area contributed by atoms with Gasteiger partial charge in [-0.15, -0.1) is 0 Å². The Morgan fingerprint density at radius 3 is 2.38 bits per heavy atom. The van der Waals surface area contributed by atoms with Crippen LogP contribution in [0.1, 0.15) is 38.5 Å². The third-order valence-corrected chi connectivity index (χ3v) is 4.42. The van der Waals surface area contributed by atoms with Gasteiger partial charge in [0.05, 0.1) is 5.75 Å². The number of nitrogens with one attached hydrogen (secondary N) is 2. The van der Waals surface area contributed by atoms with Crippen LogP contribution < -0.4 is 15.8 Å². The van der Waals surface area contributed by atoms with E-state index in [1.165, 1.54) is 0 Å². The summed E-state index contributed by atoms with van der Waals surface area (Å²) < 4.78 is 21.4. The van der Waals surface area contributed by atoms with Crippen LogP contribution in [0.25, 0.3) is 0 Å². The van der Waals surface area contributed by atoms with E-state index in [9.17, 15) is 23.1 Å². The number of carbonyl (C=O) groups is 2. The Hall–Kier alpha value is -1.35. The molecule has 122 valence electrons. The highest BCUT2D eigenvalue weighted by Gasteiger charge is 2.30. The zero-order valence-corrected chi connectivity index (χ0v) is 12.7. The Labute approximate surface area is 124 Å². The molecule has 0 bridgehead atoms. The third-order valence-electron chi connectivity index (χ3n) is 3.57. The Morgan fingerprint density at radius 2 is 1.86 bits per heavy atom. The summed E-state index contributed by atoms with van der Waals surface area (Å²) in [6.45, 7) is 0.124. The fraction of sp³-hybridized carbons (Fsp3) is 0.833. The number of primary sulfonamides is 1. The predicted molar refractivity (Wildman–Crippen MR) is 77.1 cm³/mol. The number of hydrogen-bond donors (Lipinski definition) is 4. The summed E-state index contributed by atoms with van der Waals surface area (Å²) in [5.41, 5.74) is 0. The van der Waals surface area contributed by atoms with Crippen LogP contribution in [0.3, 0.4) is 0 Å². The first-order valence-electron chi connectivity index (χ1n) is 7.07. The monoisotopic (exact) mass is 321 g/mol. The van der Waals surface area contributed by atoms with Gasteiger partial charge >= 0.3 is 12.0 Å². The lowest BCUT2D eigenvalue weighted by molar-refractivity contribution is -0.141. The normalized spacial score (nSPS) is 18.0. The average molecular weight is 321 g/mol. The van der Waals surface area contributed by atoms with Crippen molar-refractivity contribution in [3.63, 3.8) is 0 Å². The van der Waals surface area contributed by atoms with Crippen LogP contribution in [-0.2, 0) is 14.8 Å². The highest BCUT2D eigenvalue weighted by molar-refractivity contribution is 7.89. The Morgan fingerprint density at radius 1 is 1.24 bits per heavy atom. The van der Waals surface area contributed by atoms with Gasteiger partial charge in [0.2, 0.25) is 10.0 Å². The topological polar surface area (TPSA) is 139 Å². The molecule has 0 aromatic carbocycles. The smallest absolute Gasteiger partial charge is 0.326 e. The maximum Gasteiger partial charge on any atom is 0.326 e. The van der Waals surface area contributed by atoms with E-state index in [1.54, 1.807) is 0 Å². The van der Waals surface area contributed by atoms with Gasteiger partial charge in [-0.3, -0.25) is 0 Å². The number of rotatable bonds is 7. The van der Waals surface area contributed by atoms with E-state index in [0.717, 1.165) is 32.1 Å². The number of carboxylic acids is 1. The van der Waals surface area contributed by atoms with Gasteiger partial charge < -0.3 is 15.7 Å². The molecule has 1 aliphatic carbocycles. The van der Waals surface area contributed by atoms with Crippen molar-refractivity contribution in [2.45, 2.75) is 44.6 Å². The first kappa shape index (κ1) is 17.7. The molecule has 1 fully saturated rings. The Balaban J connectivity index is 2.37. The maximum atomic E-state index is 11.7. The molecule has 5 N–H and O–H groups in total. The first-order chi connectivity index (χ1) is 9.79. The number of nitrogens with two attached hydrogens (primary N) is 1. The lowest BCUT2D eigenvalue weighted by Crippen LogP contribution is -2.50. The Bertz CT molecular complexity index is 460. The van der Waals surface area contributed by atoms with Crippen LogP contribution in [0.5, 0.6) is 0 Å². The fourth-order valence-electron chi connectivity index (χ4n) is 2.52. The van der Waals surface area contributed by atoms with Gasteiger partial charge in [0.15, 0.2) is 0 Å². The second-order valence-corrected chi connectivity index (χ2v) is 7.07. The van der Waals surface area contributed by atoms with Gasteiger partial charge in [-0.05, 0) is 25.2 Å². The summed E-state index contributed by atoms with van der Waals surface area (Å²) in [5, 5.41) is 19.0. The minimum absolute atomic E-state index is 0.0496. The summed E-state index contributed by atoms with van der Waals surface area (Å²) in [6, 6.07) is -1.49. The van der Waals surface area contributed by atoms with Gasteiger partial charge in [0.25, 0.3) is 0 Å². The lowest BCUT2D eigenvalue weighted by Gasteiger charge is -2.28. The zero-order valence-electron chi connectivity index (χ0n) is 11.9. The van der Waals surface area contributed by atoms with E-state index in [0.29, 0.717) is 0 Å². The molecule has 0 radical (unpaired) electrons. The van der Waals surface area contributed by atoms with Gasteiger partial charge in [0, 0.05) is 6.54 Å². The van der Waals surface area contributed by atoms with Crippen LogP contribution in [0.4, 0.5) is 4.79 Å². The van der Waals surface area contributed by atoms with Gasteiger partial charge in [0.1, 0.15) is 6.04 Å². The molecule has 1 atom stereocenters. The summed E-state index contributed by atoms with van der Waals surface area (Å²) in [4.78, 5) is 22.9. The summed E-state index contributed by atoms with van der Waals surface area (Å²) in [6.07, 6.45) is 4.83. The molecular formula is C12H23N3O5S. The summed E-state index contributed by atoms with van der Waals surface area (Å²) >= 11 is 0. The SMILES string of the molecule is NS(=O)(=O)CCCNC(=O)NC(C(=O)O)C1CCCCC1. The first-order valence-corrected chi connectivity index (χ1v) is 8.79. The number of hydrogen-bond acceptors (Lipinski definition) is 4. The molecule has 0 heterocycles. The summed E-state index contributed by atoms with van der Waals surface area (Å²) in [7, 11) is -3.54. The minimum atomic E-state index is -3.54. The number of urea groups is 1. The molecule has 1 saturated carbocycles. The van der Waals surface area contributed by atoms with E-state index in [1.807, 2.05) is 0 Å². The molecule has 2 amide bonds. The van der Waals surface area contributed by atoms with Crippen molar-refractivity contribution in [2.24, 2.45) is 11.1 Å². The summed E-state index contributed by atoms with van der Waals surface area (Å²) in [5.74, 6) is -1.31. The van der Waals surface area contributed by atoms with Crippen molar-refractivity contribution < 1.29 is 23.1 Å². The fourth-order valence-corrected chi connectivity index (χ4v) is 3.06. The number of carbonyl (C=O) groups excluding carboxylic acids is 1. The van der Waals surface area contributed by atoms with Crippen LogP contribution >= 0.6 is 0 Å². The van der Waals surface area contributed by atoms with Crippen LogP contribution in [0.15, 0.2) is 0 Å². The number of carboxylic acid groups (broad SMARTS) is 1. The lowest BCUT2D eigenvalue weighted by atomic mass is 9.84. The van der Waals surface area contributed by atoms with Crippen molar-refractivity contribution in [1.29, 1.82) is 0 Å². The molecule has 1 aliphatic rings. The highest BCUT2D eigenvalue weighted by Crippen LogP contribution is 2.26. The quantitative estimate of drug-likeness (QED) is 0.489. The molecule has 0 aromatic rings. The number of aliphatic carboxylic acids is 1. The highest BCUT2D eigenvalue weighted by atomic mass is 32.2. The number of amides is 2. The predicted octanol–water partition coefficient (Wildman–Crippen LogP) is -0.00230. The van der Waals surface area contributed by atoms with Gasteiger partial charge in [-0.2, -0.15) is 0 Å². The Kier molecular flexibility index (Phi) is 6.90. The standard InChI is InChI=1S/C12H23N3O5S/c13-21(19,20)8-4-7-14-12(18)15-10(11(16)17)9-5-2-1-3-6-9/h9-10H,1-8H2,(H,16,17)(H2,13,19,20)(H2,14,15,18). The van der Waals surface area contributed by atoms with Crippen molar-refractivity contribution in [3.8, 4) is 0 Å². The van der Waals surface area contributed by atoms with E-state index in [2.05, 4.69) is 10.6 Å². The van der Waals surface area contributed by atoms with E-state index in [4.69, 9.17) is 5.14 Å². The molecule has 8 nitrogen and oxygen atoms in total. The molecule has 1 rings (SSSR count). The number of sulfonamides is 1. The van der Waals surface area contributed by atoms with Gasteiger partial charge in [-0.1, -0.05) is 19.3 Å². The van der Waals surface area contributed by atoms with Crippen molar-refractivity contribution >= 4 is 22.0 Å². The van der Waals surface area contributed by atoms with Crippen LogP contribution in [0.2, 0.25) is 0 Å². The molecule has 0 spiro atoms. The molecule has 0 saturated heterocycles. The van der Waals surface area contributed by atoms with E-state index < -0.39 is 28.1 Å². The minimum Gasteiger partial charge on any atom is -0.480 e. The molecule has 0 aliphatic heterocycles. The average Bonchev–Trinajstić information content (AvgIpc) is 2.40. The van der Waals surface area contributed by atoms with Crippen molar-refractivity contribution in [2.75, 3.05) is 12.3 Å². The molecule has 0 aromatic heterocycles. The largest absolute Gasteiger partial charge is 0.480 e. The van der Waals surface area contributed by atoms with Crippen LogP contribution in [-0.4, -0.2) is 43.9 Å². The molecular weight excluding hydrogens is 298 g/mol. The van der Waals surface area contributed by atoms with Crippen molar-refractivity contribution in [1.82, 2.24) is 10.6 Å². The molecule has 1 unspecified atom stereocenters. The zero-order chi connectivity index (χ0) is 15.9. The third kappa shape index (κ3) is 7.28. The second-order valence-electron chi connectivity index (χ2n) is 5.33. The van der Waals surface area contributed by atoms with Crippen LogP contribution in [0, 0.1) is 5.92 Å².